The molecule has 0 spiro atoms. The monoisotopic (exact) mass is 320 g/mol. The van der Waals surface area contributed by atoms with Crippen molar-refractivity contribution in [2.75, 3.05) is 6.54 Å². The summed E-state index contributed by atoms with van der Waals surface area (Å²) < 4.78 is 0. The van der Waals surface area contributed by atoms with E-state index in [-0.39, 0.29) is 0 Å². The fraction of sp³-hybridized carbons (Fsp3) is 0.714. The standard InChI is InChI=1S/C21H40N2/c1-18(2)14-10-7-6-8-11-15-20(5)23-21(19(3)4)16-12-9-13-17-22/h21,23H,1,3,5-17,22H2,2,4H3/t21-/m0/s1. The Morgan fingerprint density at radius 3 is 1.96 bits per heavy atom. The van der Waals surface area contributed by atoms with Gasteiger partial charge in [0.25, 0.3) is 0 Å². The van der Waals surface area contributed by atoms with Crippen molar-refractivity contribution in [2.45, 2.75) is 90.5 Å². The molecule has 0 aromatic rings. The molecule has 2 heteroatoms. The van der Waals surface area contributed by atoms with Gasteiger partial charge >= 0.3 is 0 Å². The number of rotatable bonds is 16. The van der Waals surface area contributed by atoms with Gasteiger partial charge < -0.3 is 11.1 Å². The normalized spacial score (nSPS) is 12.0. The maximum Gasteiger partial charge on any atom is 0.0465 e. The zero-order valence-electron chi connectivity index (χ0n) is 15.8. The van der Waals surface area contributed by atoms with Crippen LogP contribution in [-0.4, -0.2) is 12.6 Å². The molecule has 0 aromatic heterocycles. The van der Waals surface area contributed by atoms with Crippen LogP contribution < -0.4 is 11.1 Å². The summed E-state index contributed by atoms with van der Waals surface area (Å²) in [6.45, 7) is 17.3. The van der Waals surface area contributed by atoms with Gasteiger partial charge in [-0.3, -0.25) is 0 Å². The van der Waals surface area contributed by atoms with Crippen molar-refractivity contribution in [1.82, 2.24) is 5.32 Å². The number of unbranched alkanes of at least 4 members (excludes halogenated alkanes) is 6. The van der Waals surface area contributed by atoms with Crippen LogP contribution in [0.3, 0.4) is 0 Å². The fourth-order valence-electron chi connectivity index (χ4n) is 2.73. The lowest BCUT2D eigenvalue weighted by Crippen LogP contribution is -2.29. The Hall–Kier alpha value is -1.02. The first-order valence-electron chi connectivity index (χ1n) is 9.41. The molecule has 0 aliphatic rings. The van der Waals surface area contributed by atoms with E-state index in [1.165, 1.54) is 68.2 Å². The Morgan fingerprint density at radius 1 is 0.826 bits per heavy atom. The fourth-order valence-corrected chi connectivity index (χ4v) is 2.73. The van der Waals surface area contributed by atoms with E-state index in [1.54, 1.807) is 0 Å². The first kappa shape index (κ1) is 22.0. The van der Waals surface area contributed by atoms with Crippen LogP contribution in [0.2, 0.25) is 0 Å². The van der Waals surface area contributed by atoms with Crippen molar-refractivity contribution in [1.29, 1.82) is 0 Å². The second-order valence-electron chi connectivity index (χ2n) is 7.01. The minimum Gasteiger partial charge on any atom is -0.382 e. The van der Waals surface area contributed by atoms with E-state index in [0.717, 1.165) is 25.8 Å². The van der Waals surface area contributed by atoms with Gasteiger partial charge in [-0.15, -0.1) is 6.58 Å². The molecule has 3 N–H and O–H groups in total. The maximum atomic E-state index is 5.55. The van der Waals surface area contributed by atoms with Gasteiger partial charge in [-0.1, -0.05) is 56.4 Å². The smallest absolute Gasteiger partial charge is 0.0465 e. The Balaban J connectivity index is 3.74. The van der Waals surface area contributed by atoms with Crippen LogP contribution in [-0.2, 0) is 0 Å². The van der Waals surface area contributed by atoms with Gasteiger partial charge in [0, 0.05) is 11.7 Å². The van der Waals surface area contributed by atoms with Crippen molar-refractivity contribution in [2.24, 2.45) is 5.73 Å². The summed E-state index contributed by atoms with van der Waals surface area (Å²) >= 11 is 0. The molecule has 0 heterocycles. The van der Waals surface area contributed by atoms with Crippen LogP contribution in [0.4, 0.5) is 0 Å². The van der Waals surface area contributed by atoms with Crippen LogP contribution in [0.25, 0.3) is 0 Å². The van der Waals surface area contributed by atoms with Crippen molar-refractivity contribution >= 4 is 0 Å². The van der Waals surface area contributed by atoms with E-state index in [2.05, 4.69) is 38.9 Å². The average molecular weight is 321 g/mol. The average Bonchev–Trinajstić information content (AvgIpc) is 2.48. The summed E-state index contributed by atoms with van der Waals surface area (Å²) in [7, 11) is 0. The molecule has 0 bridgehead atoms. The van der Waals surface area contributed by atoms with Crippen LogP contribution in [0.5, 0.6) is 0 Å². The van der Waals surface area contributed by atoms with Crippen LogP contribution in [0, 0.1) is 0 Å². The SMILES string of the molecule is C=C(C)CCCCCCCC(=C)N[C@@H](CCCCCN)C(=C)C. The lowest BCUT2D eigenvalue weighted by molar-refractivity contribution is 0.524. The minimum absolute atomic E-state index is 0.371. The molecule has 134 valence electrons. The number of hydrogen-bond acceptors (Lipinski definition) is 2. The highest BCUT2D eigenvalue weighted by Gasteiger charge is 2.09. The van der Waals surface area contributed by atoms with E-state index < -0.39 is 0 Å². The highest BCUT2D eigenvalue weighted by atomic mass is 14.9. The number of nitrogens with two attached hydrogens (primary N) is 1. The van der Waals surface area contributed by atoms with Crippen LogP contribution in [0.15, 0.2) is 36.6 Å². The zero-order valence-corrected chi connectivity index (χ0v) is 15.8. The van der Waals surface area contributed by atoms with Crippen LogP contribution >= 0.6 is 0 Å². The first-order chi connectivity index (χ1) is 11.0. The molecule has 0 saturated carbocycles. The molecule has 0 amide bonds. The second kappa shape index (κ2) is 14.6. The molecule has 0 rings (SSSR count). The predicted octanol–water partition coefficient (Wildman–Crippen LogP) is 5.86. The number of hydrogen-bond donors (Lipinski definition) is 2. The van der Waals surface area contributed by atoms with E-state index in [4.69, 9.17) is 5.73 Å². The Morgan fingerprint density at radius 2 is 1.39 bits per heavy atom. The molecule has 1 atom stereocenters. The molecule has 0 saturated heterocycles. The van der Waals surface area contributed by atoms with Crippen molar-refractivity contribution in [3.63, 3.8) is 0 Å². The maximum absolute atomic E-state index is 5.55. The third kappa shape index (κ3) is 14.3. The van der Waals surface area contributed by atoms with Gasteiger partial charge in [0.05, 0.1) is 0 Å². The van der Waals surface area contributed by atoms with Crippen molar-refractivity contribution < 1.29 is 0 Å². The number of nitrogens with one attached hydrogen (secondary N) is 1. The number of allylic oxidation sites excluding steroid dienone is 2. The largest absolute Gasteiger partial charge is 0.382 e. The molecule has 23 heavy (non-hydrogen) atoms. The summed E-state index contributed by atoms with van der Waals surface area (Å²) in [6, 6.07) is 0.371. The van der Waals surface area contributed by atoms with Gasteiger partial charge in [0.15, 0.2) is 0 Å². The molecule has 0 unspecified atom stereocenters. The summed E-state index contributed by atoms with van der Waals surface area (Å²) in [5.41, 5.74) is 9.23. The molecule has 0 fully saturated rings. The van der Waals surface area contributed by atoms with Crippen LogP contribution in [0.1, 0.15) is 84.5 Å². The van der Waals surface area contributed by atoms with E-state index >= 15 is 0 Å². The van der Waals surface area contributed by atoms with E-state index in [9.17, 15) is 0 Å². The molecular weight excluding hydrogens is 280 g/mol. The zero-order chi connectivity index (χ0) is 17.5. The quantitative estimate of drug-likeness (QED) is 0.276. The third-order valence-corrected chi connectivity index (χ3v) is 4.25. The summed E-state index contributed by atoms with van der Waals surface area (Å²) in [6.07, 6.45) is 13.4. The van der Waals surface area contributed by atoms with E-state index in [0.29, 0.717) is 6.04 Å². The highest BCUT2D eigenvalue weighted by Crippen LogP contribution is 2.15. The lowest BCUT2D eigenvalue weighted by atomic mass is 10.0. The van der Waals surface area contributed by atoms with Gasteiger partial charge in [-0.25, -0.2) is 0 Å². The van der Waals surface area contributed by atoms with E-state index in [1.807, 2.05) is 0 Å². The first-order valence-corrected chi connectivity index (χ1v) is 9.41. The molecule has 2 nitrogen and oxygen atoms in total. The molecule has 0 radical (unpaired) electrons. The molecule has 0 aliphatic heterocycles. The summed E-state index contributed by atoms with van der Waals surface area (Å²) in [4.78, 5) is 0. The minimum atomic E-state index is 0.371. The van der Waals surface area contributed by atoms with Gasteiger partial charge in [0.2, 0.25) is 0 Å². The molecule has 0 aromatic carbocycles. The Labute approximate surface area is 145 Å². The summed E-state index contributed by atoms with van der Waals surface area (Å²) in [5.74, 6) is 0. The second-order valence-corrected chi connectivity index (χ2v) is 7.01. The van der Waals surface area contributed by atoms with Crippen molar-refractivity contribution in [3.8, 4) is 0 Å². The summed E-state index contributed by atoms with van der Waals surface area (Å²) in [5, 5.41) is 3.57. The van der Waals surface area contributed by atoms with Gasteiger partial charge in [-0.05, 0) is 58.9 Å². The Kier molecular flexibility index (Phi) is 13.9. The van der Waals surface area contributed by atoms with Crippen molar-refractivity contribution in [3.05, 3.63) is 36.6 Å². The molecular formula is C21H40N2. The Bertz CT molecular complexity index is 344. The predicted molar refractivity (Wildman–Crippen MR) is 106 cm³/mol. The lowest BCUT2D eigenvalue weighted by Gasteiger charge is -2.21. The van der Waals surface area contributed by atoms with Gasteiger partial charge in [-0.2, -0.15) is 0 Å². The molecule has 0 aliphatic carbocycles. The third-order valence-electron chi connectivity index (χ3n) is 4.25. The highest BCUT2D eigenvalue weighted by molar-refractivity contribution is 5.07. The topological polar surface area (TPSA) is 38.0 Å². The van der Waals surface area contributed by atoms with Gasteiger partial charge in [0.1, 0.15) is 0 Å².